The molecule has 0 aromatic heterocycles. The number of aliphatic imine (C=N–C) groups is 1. The van der Waals surface area contributed by atoms with Gasteiger partial charge in [0.25, 0.3) is 0 Å². The Morgan fingerprint density at radius 1 is 1.47 bits per heavy atom. The maximum absolute atomic E-state index is 12.0. The van der Waals surface area contributed by atoms with Gasteiger partial charge in [-0.2, -0.15) is 4.99 Å². The van der Waals surface area contributed by atoms with Crippen molar-refractivity contribution in [3.63, 3.8) is 0 Å². The second kappa shape index (κ2) is 4.63. The highest BCUT2D eigenvalue weighted by molar-refractivity contribution is 9.10. The number of halogens is 1. The molecule has 2 N–H and O–H groups in total. The van der Waals surface area contributed by atoms with Gasteiger partial charge in [0.1, 0.15) is 11.9 Å². The molecular formula is C14H16BrN3O. The Morgan fingerprint density at radius 3 is 2.84 bits per heavy atom. The van der Waals surface area contributed by atoms with Gasteiger partial charge in [-0.3, -0.25) is 0 Å². The van der Waals surface area contributed by atoms with Crippen LogP contribution in [0.25, 0.3) is 0 Å². The zero-order chi connectivity index (χ0) is 13.6. The second-order valence-corrected chi connectivity index (χ2v) is 6.20. The standard InChI is InChI=1S/C14H16BrN3O/c1-8-2-5-10(11(15)6-8)12-13(16)17-14(19)18(12)7-9-3-4-9/h2,5-6,9,12H,3-4,7H2,1H3,(H2,16,17,19). The molecule has 1 aromatic carbocycles. The number of amides is 2. The highest BCUT2D eigenvalue weighted by atomic mass is 79.9. The van der Waals surface area contributed by atoms with E-state index >= 15 is 0 Å². The number of rotatable bonds is 3. The number of carbonyl (C=O) groups is 1. The van der Waals surface area contributed by atoms with Crippen molar-refractivity contribution in [3.05, 3.63) is 33.8 Å². The van der Waals surface area contributed by atoms with Gasteiger partial charge in [0.15, 0.2) is 0 Å². The third-order valence-corrected chi connectivity index (χ3v) is 4.35. The van der Waals surface area contributed by atoms with Crippen LogP contribution in [0.4, 0.5) is 4.79 Å². The van der Waals surface area contributed by atoms with Crippen molar-refractivity contribution in [2.45, 2.75) is 25.8 Å². The van der Waals surface area contributed by atoms with Crippen LogP contribution in [0.2, 0.25) is 0 Å². The fraction of sp³-hybridized carbons (Fsp3) is 0.429. The molecule has 1 aliphatic carbocycles. The molecule has 2 amide bonds. The summed E-state index contributed by atoms with van der Waals surface area (Å²) in [6.07, 6.45) is 2.40. The van der Waals surface area contributed by atoms with Gasteiger partial charge < -0.3 is 10.6 Å². The third-order valence-electron chi connectivity index (χ3n) is 3.66. The average Bonchev–Trinajstić information content (AvgIpc) is 3.09. The fourth-order valence-corrected chi connectivity index (χ4v) is 3.16. The first-order valence-corrected chi connectivity index (χ1v) is 7.26. The van der Waals surface area contributed by atoms with E-state index in [0.29, 0.717) is 11.8 Å². The summed E-state index contributed by atoms with van der Waals surface area (Å²) in [6.45, 7) is 2.79. The van der Waals surface area contributed by atoms with E-state index in [0.717, 1.165) is 16.6 Å². The molecule has 1 aliphatic heterocycles. The molecule has 19 heavy (non-hydrogen) atoms. The quantitative estimate of drug-likeness (QED) is 0.930. The number of benzene rings is 1. The molecular weight excluding hydrogens is 306 g/mol. The highest BCUT2D eigenvalue weighted by Gasteiger charge is 2.38. The molecule has 0 bridgehead atoms. The van der Waals surface area contributed by atoms with Crippen molar-refractivity contribution in [1.29, 1.82) is 0 Å². The summed E-state index contributed by atoms with van der Waals surface area (Å²) in [5.41, 5.74) is 8.14. The van der Waals surface area contributed by atoms with Crippen LogP contribution in [0.1, 0.15) is 30.0 Å². The lowest BCUT2D eigenvalue weighted by molar-refractivity contribution is 0.203. The molecule has 100 valence electrons. The Hall–Kier alpha value is -1.36. The van der Waals surface area contributed by atoms with Crippen LogP contribution in [-0.2, 0) is 0 Å². The van der Waals surface area contributed by atoms with Crippen molar-refractivity contribution >= 4 is 27.8 Å². The van der Waals surface area contributed by atoms with Gasteiger partial charge >= 0.3 is 6.03 Å². The SMILES string of the molecule is Cc1ccc(C2C(N)=NC(=O)N2CC2CC2)c(Br)c1. The van der Waals surface area contributed by atoms with Gasteiger partial charge in [0, 0.05) is 11.0 Å². The summed E-state index contributed by atoms with van der Waals surface area (Å²) in [5, 5.41) is 0. The maximum Gasteiger partial charge on any atom is 0.346 e. The van der Waals surface area contributed by atoms with Gasteiger partial charge in [0.2, 0.25) is 0 Å². The number of nitrogens with two attached hydrogens (primary N) is 1. The van der Waals surface area contributed by atoms with Crippen molar-refractivity contribution < 1.29 is 4.79 Å². The minimum absolute atomic E-state index is 0.207. The van der Waals surface area contributed by atoms with Crippen LogP contribution < -0.4 is 5.73 Å². The topological polar surface area (TPSA) is 58.7 Å². The normalized spacial score (nSPS) is 22.8. The Labute approximate surface area is 120 Å². The van der Waals surface area contributed by atoms with E-state index in [4.69, 9.17) is 5.73 Å². The van der Waals surface area contributed by atoms with Gasteiger partial charge in [-0.15, -0.1) is 0 Å². The predicted molar refractivity (Wildman–Crippen MR) is 78.1 cm³/mol. The fourth-order valence-electron chi connectivity index (χ4n) is 2.45. The summed E-state index contributed by atoms with van der Waals surface area (Å²) >= 11 is 3.57. The number of urea groups is 1. The predicted octanol–water partition coefficient (Wildman–Crippen LogP) is 3.00. The van der Waals surface area contributed by atoms with Gasteiger partial charge in [-0.1, -0.05) is 28.1 Å². The first kappa shape index (κ1) is 12.7. The van der Waals surface area contributed by atoms with Crippen LogP contribution >= 0.6 is 15.9 Å². The van der Waals surface area contributed by atoms with Crippen LogP contribution in [0.5, 0.6) is 0 Å². The summed E-state index contributed by atoms with van der Waals surface area (Å²) in [7, 11) is 0. The summed E-state index contributed by atoms with van der Waals surface area (Å²) in [5.74, 6) is 1.02. The Bertz CT molecular complexity index is 566. The number of hydrogen-bond acceptors (Lipinski definition) is 2. The summed E-state index contributed by atoms with van der Waals surface area (Å²) in [4.78, 5) is 17.7. The Balaban J connectivity index is 1.95. The van der Waals surface area contributed by atoms with Crippen LogP contribution in [0, 0.1) is 12.8 Å². The van der Waals surface area contributed by atoms with Crippen molar-refractivity contribution in [1.82, 2.24) is 4.90 Å². The van der Waals surface area contributed by atoms with E-state index in [2.05, 4.69) is 20.9 Å². The van der Waals surface area contributed by atoms with Gasteiger partial charge in [-0.05, 0) is 42.9 Å². The lowest BCUT2D eigenvalue weighted by Gasteiger charge is -2.25. The number of amidine groups is 1. The molecule has 2 aliphatic rings. The van der Waals surface area contributed by atoms with Crippen LogP contribution in [-0.4, -0.2) is 23.3 Å². The van der Waals surface area contributed by atoms with E-state index < -0.39 is 0 Å². The van der Waals surface area contributed by atoms with E-state index in [1.807, 2.05) is 25.1 Å². The third kappa shape index (κ3) is 2.39. The monoisotopic (exact) mass is 321 g/mol. The largest absolute Gasteiger partial charge is 0.385 e. The first-order chi connectivity index (χ1) is 9.06. The molecule has 5 heteroatoms. The molecule has 1 heterocycles. The van der Waals surface area contributed by atoms with Gasteiger partial charge in [0.05, 0.1) is 0 Å². The second-order valence-electron chi connectivity index (χ2n) is 5.34. The molecule has 1 saturated carbocycles. The minimum Gasteiger partial charge on any atom is -0.385 e. The molecule has 1 unspecified atom stereocenters. The summed E-state index contributed by atoms with van der Waals surface area (Å²) < 4.78 is 0.978. The van der Waals surface area contributed by atoms with Crippen molar-refractivity contribution in [3.8, 4) is 0 Å². The number of hydrogen-bond donors (Lipinski definition) is 1. The number of carbonyl (C=O) groups excluding carboxylic acids is 1. The lowest BCUT2D eigenvalue weighted by Crippen LogP contribution is -2.35. The zero-order valence-electron chi connectivity index (χ0n) is 10.8. The molecule has 4 nitrogen and oxygen atoms in total. The lowest BCUT2D eigenvalue weighted by atomic mass is 10.0. The zero-order valence-corrected chi connectivity index (χ0v) is 12.4. The number of nitrogens with zero attached hydrogens (tertiary/aromatic N) is 2. The van der Waals surface area contributed by atoms with Crippen molar-refractivity contribution in [2.75, 3.05) is 6.54 Å². The van der Waals surface area contributed by atoms with Crippen molar-refractivity contribution in [2.24, 2.45) is 16.6 Å². The molecule has 0 radical (unpaired) electrons. The molecule has 1 aromatic rings. The summed E-state index contributed by atoms with van der Waals surface area (Å²) in [6, 6.07) is 5.67. The average molecular weight is 322 g/mol. The maximum atomic E-state index is 12.0. The molecule has 3 rings (SSSR count). The smallest absolute Gasteiger partial charge is 0.346 e. The van der Waals surface area contributed by atoms with Crippen LogP contribution in [0.3, 0.4) is 0 Å². The Kier molecular flexibility index (Phi) is 3.09. The minimum atomic E-state index is -0.219. The first-order valence-electron chi connectivity index (χ1n) is 6.47. The van der Waals surface area contributed by atoms with E-state index in [-0.39, 0.29) is 12.1 Å². The van der Waals surface area contributed by atoms with E-state index in [9.17, 15) is 4.79 Å². The molecule has 1 atom stereocenters. The highest BCUT2D eigenvalue weighted by Crippen LogP contribution is 2.37. The van der Waals surface area contributed by atoms with E-state index in [1.54, 1.807) is 4.90 Å². The Morgan fingerprint density at radius 2 is 2.21 bits per heavy atom. The van der Waals surface area contributed by atoms with Crippen LogP contribution in [0.15, 0.2) is 27.7 Å². The van der Waals surface area contributed by atoms with E-state index in [1.165, 1.54) is 18.4 Å². The molecule has 0 spiro atoms. The molecule has 0 saturated heterocycles. The number of aryl methyl sites for hydroxylation is 1. The van der Waals surface area contributed by atoms with Gasteiger partial charge in [-0.25, -0.2) is 4.79 Å². The molecule has 1 fully saturated rings.